The number of benzene rings is 2. The summed E-state index contributed by atoms with van der Waals surface area (Å²) in [5.74, 6) is 0. The lowest BCUT2D eigenvalue weighted by molar-refractivity contribution is 0.112. The monoisotopic (exact) mass is 390 g/mol. The summed E-state index contributed by atoms with van der Waals surface area (Å²) >= 11 is 4.00. The van der Waals surface area contributed by atoms with Crippen molar-refractivity contribution in [3.63, 3.8) is 0 Å². The molecule has 2 nitrogen and oxygen atoms in total. The predicted octanol–water partition coefficient (Wildman–Crippen LogP) is 5.49. The molecule has 6 rings (SSSR count). The van der Waals surface area contributed by atoms with Crippen molar-refractivity contribution in [3.05, 3.63) is 69.4 Å². The Labute approximate surface area is 167 Å². The van der Waals surface area contributed by atoms with E-state index >= 15 is 0 Å². The van der Waals surface area contributed by atoms with Crippen LogP contribution in [0, 0.1) is 0 Å². The van der Waals surface area contributed by atoms with Gasteiger partial charge in [-0.1, -0.05) is 36.4 Å². The fourth-order valence-corrected chi connectivity index (χ4v) is 7.32. The molecule has 0 spiro atoms. The maximum Gasteiger partial charge on any atom is 0.0513 e. The molecule has 2 aromatic heterocycles. The minimum Gasteiger partial charge on any atom is -0.285 e. The first-order valence-electron chi connectivity index (χ1n) is 9.78. The van der Waals surface area contributed by atoms with E-state index in [1.807, 2.05) is 22.7 Å². The van der Waals surface area contributed by atoms with Crippen LogP contribution in [0.15, 0.2) is 48.5 Å². The van der Waals surface area contributed by atoms with Gasteiger partial charge in [0.1, 0.15) is 0 Å². The molecule has 0 unspecified atom stereocenters. The summed E-state index contributed by atoms with van der Waals surface area (Å²) in [6.45, 7) is 5.70. The smallest absolute Gasteiger partial charge is 0.0513 e. The molecule has 2 aliphatic rings. The molecule has 0 aliphatic carbocycles. The molecule has 0 saturated carbocycles. The lowest BCUT2D eigenvalue weighted by Crippen LogP contribution is -2.42. The van der Waals surface area contributed by atoms with Crippen LogP contribution in [0.5, 0.6) is 0 Å². The third-order valence-electron chi connectivity index (χ3n) is 6.05. The SMILES string of the molecule is c1ccc2c3c(sc2c1)CN(CN1CCc2c(sc4ccccc24)C1)CC3. The second-order valence-electron chi connectivity index (χ2n) is 7.75. The van der Waals surface area contributed by atoms with Gasteiger partial charge >= 0.3 is 0 Å². The topological polar surface area (TPSA) is 6.48 Å². The van der Waals surface area contributed by atoms with Gasteiger partial charge in [0.05, 0.1) is 6.67 Å². The Morgan fingerprint density at radius 2 is 1.15 bits per heavy atom. The predicted molar refractivity (Wildman–Crippen MR) is 117 cm³/mol. The summed E-state index contributed by atoms with van der Waals surface area (Å²) in [6, 6.07) is 17.8. The van der Waals surface area contributed by atoms with Gasteiger partial charge in [-0.05, 0) is 46.9 Å². The quantitative estimate of drug-likeness (QED) is 0.446. The highest BCUT2D eigenvalue weighted by Crippen LogP contribution is 2.37. The van der Waals surface area contributed by atoms with E-state index in [0.29, 0.717) is 0 Å². The van der Waals surface area contributed by atoms with Crippen LogP contribution >= 0.6 is 22.7 Å². The second kappa shape index (κ2) is 6.42. The number of fused-ring (bicyclic) bond motifs is 6. The van der Waals surface area contributed by atoms with E-state index in [1.54, 1.807) is 20.9 Å². The van der Waals surface area contributed by atoms with Crippen molar-refractivity contribution < 1.29 is 0 Å². The fourth-order valence-electron chi connectivity index (χ4n) is 4.73. The minimum absolute atomic E-state index is 1.10. The standard InChI is InChI=1S/C23H22N2S2/c1-3-7-20-16(5-1)18-9-11-24(13-22(18)26-20)15-25-12-10-19-17-6-2-4-8-21(17)27-23(19)14-25/h1-8H,9-15H2. The molecule has 4 aromatic rings. The van der Waals surface area contributed by atoms with Gasteiger partial charge < -0.3 is 0 Å². The summed E-state index contributed by atoms with van der Waals surface area (Å²) in [7, 11) is 0. The minimum atomic E-state index is 1.10. The van der Waals surface area contributed by atoms with Crippen molar-refractivity contribution in [1.29, 1.82) is 0 Å². The van der Waals surface area contributed by atoms with Gasteiger partial charge in [-0.2, -0.15) is 0 Å². The van der Waals surface area contributed by atoms with Crippen LogP contribution in [-0.2, 0) is 25.9 Å². The molecule has 0 bridgehead atoms. The Balaban J connectivity index is 1.21. The van der Waals surface area contributed by atoms with Crippen molar-refractivity contribution in [3.8, 4) is 0 Å². The summed E-state index contributed by atoms with van der Waals surface area (Å²) in [6.07, 6.45) is 2.39. The van der Waals surface area contributed by atoms with Gasteiger partial charge in [-0.25, -0.2) is 0 Å². The van der Waals surface area contributed by atoms with Crippen LogP contribution in [0.4, 0.5) is 0 Å². The Morgan fingerprint density at radius 1 is 0.667 bits per heavy atom. The summed E-state index contributed by atoms with van der Waals surface area (Å²) < 4.78 is 2.91. The third kappa shape index (κ3) is 2.74. The van der Waals surface area contributed by atoms with Crippen LogP contribution in [0.1, 0.15) is 20.9 Å². The number of hydrogen-bond acceptors (Lipinski definition) is 4. The van der Waals surface area contributed by atoms with Gasteiger partial charge in [0.25, 0.3) is 0 Å². The molecule has 4 heteroatoms. The third-order valence-corrected chi connectivity index (χ3v) is 8.45. The average molecular weight is 391 g/mol. The van der Waals surface area contributed by atoms with E-state index in [9.17, 15) is 0 Å². The van der Waals surface area contributed by atoms with Crippen molar-refractivity contribution in [2.24, 2.45) is 0 Å². The van der Waals surface area contributed by atoms with Crippen molar-refractivity contribution in [2.75, 3.05) is 19.8 Å². The van der Waals surface area contributed by atoms with Crippen LogP contribution in [0.2, 0.25) is 0 Å². The second-order valence-corrected chi connectivity index (χ2v) is 10.0. The molecule has 0 amide bonds. The molecule has 2 aromatic carbocycles. The van der Waals surface area contributed by atoms with Gasteiger partial charge in [0.2, 0.25) is 0 Å². The van der Waals surface area contributed by atoms with Gasteiger partial charge in [-0.3, -0.25) is 9.80 Å². The Morgan fingerprint density at radius 3 is 1.67 bits per heavy atom. The molecule has 0 saturated heterocycles. The molecule has 4 heterocycles. The van der Waals surface area contributed by atoms with Gasteiger partial charge in [-0.15, -0.1) is 22.7 Å². The number of thiophene rings is 2. The maximum atomic E-state index is 2.65. The number of rotatable bonds is 2. The van der Waals surface area contributed by atoms with Crippen LogP contribution in [0.3, 0.4) is 0 Å². The number of hydrogen-bond donors (Lipinski definition) is 0. The molecular formula is C23H22N2S2. The van der Waals surface area contributed by atoms with Gasteiger partial charge in [0.15, 0.2) is 0 Å². The Kier molecular flexibility index (Phi) is 3.86. The van der Waals surface area contributed by atoms with Crippen molar-refractivity contribution in [1.82, 2.24) is 9.80 Å². The molecule has 0 N–H and O–H groups in total. The van der Waals surface area contributed by atoms with E-state index in [0.717, 1.165) is 19.8 Å². The van der Waals surface area contributed by atoms with Gasteiger partial charge in [0, 0.05) is 45.3 Å². The highest BCUT2D eigenvalue weighted by molar-refractivity contribution is 7.19. The normalized spacial score (nSPS) is 18.1. The zero-order valence-corrected chi connectivity index (χ0v) is 16.9. The van der Waals surface area contributed by atoms with E-state index in [1.165, 1.54) is 46.1 Å². The molecule has 0 radical (unpaired) electrons. The van der Waals surface area contributed by atoms with Crippen molar-refractivity contribution in [2.45, 2.75) is 25.9 Å². The fraction of sp³-hybridized carbons (Fsp3) is 0.304. The summed E-state index contributed by atoms with van der Waals surface area (Å²) in [5, 5.41) is 2.98. The number of nitrogens with zero attached hydrogens (tertiary/aromatic N) is 2. The van der Waals surface area contributed by atoms with Crippen LogP contribution in [0.25, 0.3) is 20.2 Å². The maximum absolute atomic E-state index is 2.65. The lowest BCUT2D eigenvalue weighted by atomic mass is 10.0. The van der Waals surface area contributed by atoms with E-state index < -0.39 is 0 Å². The zero-order chi connectivity index (χ0) is 17.8. The zero-order valence-electron chi connectivity index (χ0n) is 15.3. The largest absolute Gasteiger partial charge is 0.285 e. The van der Waals surface area contributed by atoms with Crippen LogP contribution in [-0.4, -0.2) is 29.6 Å². The lowest BCUT2D eigenvalue weighted by Gasteiger charge is -2.34. The summed E-state index contributed by atoms with van der Waals surface area (Å²) in [5.41, 5.74) is 3.22. The Hall–Kier alpha value is -1.72. The van der Waals surface area contributed by atoms with Crippen molar-refractivity contribution >= 4 is 42.8 Å². The molecule has 0 fully saturated rings. The molecule has 136 valence electrons. The molecule has 2 aliphatic heterocycles. The molecule has 0 atom stereocenters. The average Bonchev–Trinajstić information content (AvgIpc) is 3.25. The first kappa shape index (κ1) is 16.3. The van der Waals surface area contributed by atoms with E-state index in [-0.39, 0.29) is 0 Å². The molecule has 27 heavy (non-hydrogen) atoms. The molecular weight excluding hydrogens is 368 g/mol. The first-order valence-corrected chi connectivity index (χ1v) is 11.4. The highest BCUT2D eigenvalue weighted by Gasteiger charge is 2.25. The van der Waals surface area contributed by atoms with E-state index in [2.05, 4.69) is 58.3 Å². The van der Waals surface area contributed by atoms with Crippen LogP contribution < -0.4 is 0 Å². The summed E-state index contributed by atoms with van der Waals surface area (Å²) in [4.78, 5) is 8.47. The Bertz CT molecular complexity index is 1050. The first-order chi connectivity index (χ1) is 13.3. The highest BCUT2D eigenvalue weighted by atomic mass is 32.1. The van der Waals surface area contributed by atoms with E-state index in [4.69, 9.17) is 0 Å².